The van der Waals surface area contributed by atoms with E-state index in [1.54, 1.807) is 7.05 Å². The van der Waals surface area contributed by atoms with Crippen molar-refractivity contribution in [1.82, 2.24) is 30.9 Å². The van der Waals surface area contributed by atoms with Crippen LogP contribution in [0.15, 0.2) is 36.7 Å². The first kappa shape index (κ1) is 23.6. The molecule has 1 aromatic carbocycles. The SMILES string of the molecule is CNC(=S)NCCCCC(NC(=O)OC(C)(C)C)c1ncc(-c2c[nH]c3ccccc23)[nH]1. The standard InChI is InChI=1S/C23H32N6O2S/c1-23(2,3)31-22(30)29-18(11-7-8-12-25-21(32)24-4)20-27-14-19(28-20)16-13-26-17-10-6-5-9-15(16)17/h5-6,9-10,13-14,18,26H,7-8,11-12H2,1-4H3,(H,27,28)(H,29,30)(H2,24,25,32). The van der Waals surface area contributed by atoms with Crippen LogP contribution in [0.2, 0.25) is 0 Å². The zero-order valence-electron chi connectivity index (χ0n) is 19.0. The molecule has 1 amide bonds. The lowest BCUT2D eigenvalue weighted by Gasteiger charge is -2.23. The summed E-state index contributed by atoms with van der Waals surface area (Å²) in [6.07, 6.45) is 5.82. The smallest absolute Gasteiger partial charge is 0.408 e. The van der Waals surface area contributed by atoms with Crippen molar-refractivity contribution in [3.8, 4) is 11.3 Å². The molecule has 0 saturated carbocycles. The number of hydrogen-bond acceptors (Lipinski definition) is 4. The molecule has 2 aromatic heterocycles. The van der Waals surface area contributed by atoms with Crippen molar-refractivity contribution in [2.75, 3.05) is 13.6 Å². The summed E-state index contributed by atoms with van der Waals surface area (Å²) in [7, 11) is 1.79. The van der Waals surface area contributed by atoms with Gasteiger partial charge in [0.2, 0.25) is 0 Å². The number of imidazole rings is 1. The van der Waals surface area contributed by atoms with Crippen LogP contribution >= 0.6 is 12.2 Å². The van der Waals surface area contributed by atoms with Gasteiger partial charge in [0.1, 0.15) is 11.4 Å². The van der Waals surface area contributed by atoms with Gasteiger partial charge in [-0.05, 0) is 58.3 Å². The zero-order chi connectivity index (χ0) is 23.1. The molecular formula is C23H32N6O2S. The Kier molecular flexibility index (Phi) is 7.74. The van der Waals surface area contributed by atoms with Gasteiger partial charge in [0, 0.05) is 36.3 Å². The Balaban J connectivity index is 1.72. The van der Waals surface area contributed by atoms with Crippen molar-refractivity contribution in [1.29, 1.82) is 0 Å². The topological polar surface area (TPSA) is 107 Å². The molecule has 0 aliphatic heterocycles. The van der Waals surface area contributed by atoms with E-state index >= 15 is 0 Å². The number of para-hydroxylation sites is 1. The first-order chi connectivity index (χ1) is 15.3. The van der Waals surface area contributed by atoms with E-state index in [2.05, 4.69) is 37.0 Å². The molecule has 32 heavy (non-hydrogen) atoms. The van der Waals surface area contributed by atoms with Gasteiger partial charge in [0.05, 0.1) is 17.9 Å². The first-order valence-electron chi connectivity index (χ1n) is 10.8. The maximum atomic E-state index is 12.5. The summed E-state index contributed by atoms with van der Waals surface area (Å²) in [5.74, 6) is 0.704. The summed E-state index contributed by atoms with van der Waals surface area (Å²) < 4.78 is 5.47. The average molecular weight is 457 g/mol. The Morgan fingerprint density at radius 3 is 2.78 bits per heavy atom. The highest BCUT2D eigenvalue weighted by Gasteiger charge is 2.22. The fourth-order valence-electron chi connectivity index (χ4n) is 3.44. The number of rotatable bonds is 8. The molecule has 0 aliphatic carbocycles. The average Bonchev–Trinajstić information content (AvgIpc) is 3.38. The summed E-state index contributed by atoms with van der Waals surface area (Å²) in [6.45, 7) is 6.30. The quantitative estimate of drug-likeness (QED) is 0.254. The maximum absolute atomic E-state index is 12.5. The number of benzene rings is 1. The number of nitrogens with zero attached hydrogens (tertiary/aromatic N) is 1. The number of hydrogen-bond donors (Lipinski definition) is 5. The van der Waals surface area contributed by atoms with E-state index in [0.29, 0.717) is 17.4 Å². The minimum absolute atomic E-state index is 0.292. The summed E-state index contributed by atoms with van der Waals surface area (Å²) in [6, 6.07) is 7.83. The molecule has 1 unspecified atom stereocenters. The van der Waals surface area contributed by atoms with Crippen LogP contribution in [0.1, 0.15) is 51.9 Å². The zero-order valence-corrected chi connectivity index (χ0v) is 19.9. The molecule has 0 spiro atoms. The van der Waals surface area contributed by atoms with Crippen LogP contribution in [0.5, 0.6) is 0 Å². The predicted molar refractivity (Wildman–Crippen MR) is 132 cm³/mol. The molecule has 0 radical (unpaired) electrons. The highest BCUT2D eigenvalue weighted by atomic mass is 32.1. The first-order valence-corrected chi connectivity index (χ1v) is 11.2. The summed E-state index contributed by atoms with van der Waals surface area (Å²) in [4.78, 5) is 23.7. The van der Waals surface area contributed by atoms with Crippen molar-refractivity contribution in [2.24, 2.45) is 0 Å². The fourth-order valence-corrected chi connectivity index (χ4v) is 3.54. The molecule has 0 saturated heterocycles. The van der Waals surface area contributed by atoms with Gasteiger partial charge in [0.15, 0.2) is 5.11 Å². The highest BCUT2D eigenvalue weighted by molar-refractivity contribution is 7.80. The van der Waals surface area contributed by atoms with E-state index < -0.39 is 11.7 Å². The number of alkyl carbamates (subject to hydrolysis) is 1. The molecule has 0 bridgehead atoms. The Bertz CT molecular complexity index is 1050. The number of ether oxygens (including phenoxy) is 1. The lowest BCUT2D eigenvalue weighted by molar-refractivity contribution is 0.0498. The number of nitrogens with one attached hydrogen (secondary N) is 5. The second-order valence-electron chi connectivity index (χ2n) is 8.63. The van der Waals surface area contributed by atoms with Crippen LogP contribution in [0.3, 0.4) is 0 Å². The van der Waals surface area contributed by atoms with Gasteiger partial charge in [0.25, 0.3) is 0 Å². The van der Waals surface area contributed by atoms with Crippen molar-refractivity contribution in [3.05, 3.63) is 42.5 Å². The van der Waals surface area contributed by atoms with Gasteiger partial charge in [-0.15, -0.1) is 0 Å². The summed E-state index contributed by atoms with van der Waals surface area (Å²) >= 11 is 5.10. The lowest BCUT2D eigenvalue weighted by Crippen LogP contribution is -2.35. The minimum Gasteiger partial charge on any atom is -0.444 e. The van der Waals surface area contributed by atoms with Crippen LogP contribution in [-0.2, 0) is 4.74 Å². The number of aromatic amines is 2. The van der Waals surface area contributed by atoms with Gasteiger partial charge in [-0.3, -0.25) is 0 Å². The molecule has 3 rings (SSSR count). The number of amides is 1. The monoisotopic (exact) mass is 456 g/mol. The van der Waals surface area contributed by atoms with Gasteiger partial charge in [-0.25, -0.2) is 9.78 Å². The Hall–Kier alpha value is -3.07. The third-order valence-electron chi connectivity index (χ3n) is 4.93. The number of carbonyl (C=O) groups is 1. The van der Waals surface area contributed by atoms with E-state index in [4.69, 9.17) is 17.0 Å². The normalized spacial score (nSPS) is 12.4. The van der Waals surface area contributed by atoms with Gasteiger partial charge < -0.3 is 30.7 Å². The second kappa shape index (κ2) is 10.5. The number of aromatic nitrogens is 3. The molecule has 2 heterocycles. The van der Waals surface area contributed by atoms with Crippen molar-refractivity contribution >= 4 is 34.3 Å². The van der Waals surface area contributed by atoms with Crippen LogP contribution in [-0.4, -0.2) is 45.4 Å². The molecule has 172 valence electrons. The largest absolute Gasteiger partial charge is 0.444 e. The van der Waals surface area contributed by atoms with Crippen molar-refractivity contribution < 1.29 is 9.53 Å². The van der Waals surface area contributed by atoms with Gasteiger partial charge >= 0.3 is 6.09 Å². The molecule has 3 aromatic rings. The fraction of sp³-hybridized carbons (Fsp3) is 0.435. The Morgan fingerprint density at radius 1 is 1.25 bits per heavy atom. The van der Waals surface area contributed by atoms with E-state index in [9.17, 15) is 4.79 Å². The number of H-pyrrole nitrogens is 2. The van der Waals surface area contributed by atoms with Crippen LogP contribution < -0.4 is 16.0 Å². The molecule has 0 aliphatic rings. The van der Waals surface area contributed by atoms with Crippen LogP contribution in [0.25, 0.3) is 22.2 Å². The number of unbranched alkanes of at least 4 members (excludes halogenated alkanes) is 1. The molecule has 8 nitrogen and oxygen atoms in total. The number of carbonyl (C=O) groups excluding carboxylic acids is 1. The molecule has 9 heteroatoms. The van der Waals surface area contributed by atoms with Crippen molar-refractivity contribution in [2.45, 2.75) is 51.7 Å². The lowest BCUT2D eigenvalue weighted by atomic mass is 10.1. The predicted octanol–water partition coefficient (Wildman–Crippen LogP) is 4.39. The molecular weight excluding hydrogens is 424 g/mol. The van der Waals surface area contributed by atoms with E-state index in [1.165, 1.54) is 0 Å². The van der Waals surface area contributed by atoms with E-state index in [0.717, 1.165) is 41.5 Å². The maximum Gasteiger partial charge on any atom is 0.408 e. The van der Waals surface area contributed by atoms with Crippen LogP contribution in [0, 0.1) is 0 Å². The van der Waals surface area contributed by atoms with Gasteiger partial charge in [-0.2, -0.15) is 0 Å². The second-order valence-corrected chi connectivity index (χ2v) is 9.04. The Labute approximate surface area is 193 Å². The minimum atomic E-state index is -0.570. The molecule has 5 N–H and O–H groups in total. The van der Waals surface area contributed by atoms with E-state index in [-0.39, 0.29) is 6.04 Å². The highest BCUT2D eigenvalue weighted by Crippen LogP contribution is 2.28. The number of thiocarbonyl (C=S) groups is 1. The molecule has 1 atom stereocenters. The third-order valence-corrected chi connectivity index (χ3v) is 5.28. The van der Waals surface area contributed by atoms with E-state index in [1.807, 2.05) is 51.4 Å². The summed E-state index contributed by atoms with van der Waals surface area (Å²) in [5, 5.41) is 10.8. The van der Waals surface area contributed by atoms with Gasteiger partial charge in [-0.1, -0.05) is 18.2 Å². The van der Waals surface area contributed by atoms with Crippen LogP contribution in [0.4, 0.5) is 4.79 Å². The third kappa shape index (κ3) is 6.46. The number of fused-ring (bicyclic) bond motifs is 1. The van der Waals surface area contributed by atoms with Crippen molar-refractivity contribution in [3.63, 3.8) is 0 Å². The Morgan fingerprint density at radius 2 is 2.03 bits per heavy atom. The summed E-state index contributed by atoms with van der Waals surface area (Å²) in [5.41, 5.74) is 2.43. The molecule has 0 fully saturated rings.